The monoisotopic (exact) mass is 296 g/mol. The minimum atomic E-state index is -0.288. The maximum atomic E-state index is 11.7. The van der Waals surface area contributed by atoms with Crippen molar-refractivity contribution in [2.75, 3.05) is 18.5 Å². The van der Waals surface area contributed by atoms with E-state index in [-0.39, 0.29) is 5.97 Å². The molecular formula is C13H16N2O2S2. The molecule has 0 unspecified atom stereocenters. The zero-order valence-electron chi connectivity index (χ0n) is 10.9. The highest BCUT2D eigenvalue weighted by atomic mass is 32.1. The molecule has 0 atom stereocenters. The van der Waals surface area contributed by atoms with Gasteiger partial charge in [-0.25, -0.2) is 9.78 Å². The molecule has 0 aliphatic rings. The number of aryl methyl sites for hydroxylation is 1. The Hall–Kier alpha value is -1.40. The van der Waals surface area contributed by atoms with E-state index in [0.29, 0.717) is 11.5 Å². The minimum absolute atomic E-state index is 0.288. The molecule has 19 heavy (non-hydrogen) atoms. The molecule has 0 saturated heterocycles. The maximum Gasteiger partial charge on any atom is 0.350 e. The Morgan fingerprint density at radius 1 is 1.53 bits per heavy atom. The van der Waals surface area contributed by atoms with Gasteiger partial charge in [-0.05, 0) is 31.7 Å². The third kappa shape index (κ3) is 3.78. The normalized spacial score (nSPS) is 10.4. The molecule has 0 spiro atoms. The van der Waals surface area contributed by atoms with Gasteiger partial charge in [-0.3, -0.25) is 0 Å². The third-order valence-electron chi connectivity index (χ3n) is 2.49. The molecule has 0 bridgehead atoms. The van der Waals surface area contributed by atoms with Crippen molar-refractivity contribution in [2.45, 2.75) is 20.3 Å². The van der Waals surface area contributed by atoms with Gasteiger partial charge < -0.3 is 10.1 Å². The molecule has 2 aromatic heterocycles. The molecule has 2 heterocycles. The topological polar surface area (TPSA) is 51.2 Å². The number of hydrogen-bond acceptors (Lipinski definition) is 6. The van der Waals surface area contributed by atoms with Crippen molar-refractivity contribution in [2.24, 2.45) is 0 Å². The zero-order valence-corrected chi connectivity index (χ0v) is 12.6. The number of hydrogen-bond donors (Lipinski definition) is 1. The van der Waals surface area contributed by atoms with Crippen molar-refractivity contribution in [3.8, 4) is 0 Å². The van der Waals surface area contributed by atoms with Gasteiger partial charge in [-0.2, -0.15) is 0 Å². The van der Waals surface area contributed by atoms with Crippen LogP contribution in [0.5, 0.6) is 0 Å². The van der Waals surface area contributed by atoms with Gasteiger partial charge in [0.2, 0.25) is 0 Å². The van der Waals surface area contributed by atoms with Crippen LogP contribution in [0.15, 0.2) is 17.5 Å². The number of anilines is 1. The molecular weight excluding hydrogens is 280 g/mol. The Bertz CT molecular complexity index is 535. The lowest BCUT2D eigenvalue weighted by atomic mass is 10.3. The van der Waals surface area contributed by atoms with Crippen LogP contribution in [0.2, 0.25) is 0 Å². The highest BCUT2D eigenvalue weighted by Gasteiger charge is 2.15. The van der Waals surface area contributed by atoms with Crippen LogP contribution in [-0.4, -0.2) is 24.1 Å². The minimum Gasteiger partial charge on any atom is -0.462 e. The van der Waals surface area contributed by atoms with E-state index in [9.17, 15) is 4.79 Å². The molecule has 6 heteroatoms. The lowest BCUT2D eigenvalue weighted by Crippen LogP contribution is -2.03. The lowest BCUT2D eigenvalue weighted by molar-refractivity contribution is 0.0531. The molecule has 0 radical (unpaired) electrons. The van der Waals surface area contributed by atoms with E-state index in [0.717, 1.165) is 23.8 Å². The largest absolute Gasteiger partial charge is 0.462 e. The second-order valence-corrected chi connectivity index (χ2v) is 5.94. The van der Waals surface area contributed by atoms with Crippen LogP contribution in [0.25, 0.3) is 0 Å². The van der Waals surface area contributed by atoms with E-state index in [1.807, 2.05) is 13.0 Å². The van der Waals surface area contributed by atoms with E-state index in [1.165, 1.54) is 16.2 Å². The number of rotatable bonds is 6. The van der Waals surface area contributed by atoms with E-state index >= 15 is 0 Å². The van der Waals surface area contributed by atoms with Crippen LogP contribution in [0.4, 0.5) is 5.13 Å². The van der Waals surface area contributed by atoms with Gasteiger partial charge in [0.05, 0.1) is 12.3 Å². The summed E-state index contributed by atoms with van der Waals surface area (Å²) in [5, 5.41) is 6.09. The van der Waals surface area contributed by atoms with Crippen LogP contribution in [0.1, 0.15) is 27.2 Å². The number of carbonyl (C=O) groups is 1. The summed E-state index contributed by atoms with van der Waals surface area (Å²) in [6.45, 7) is 4.83. The number of thiophene rings is 1. The summed E-state index contributed by atoms with van der Waals surface area (Å²) in [6.07, 6.45) is 0.963. The van der Waals surface area contributed by atoms with Crippen molar-refractivity contribution < 1.29 is 9.53 Å². The Labute approximate surface area is 120 Å². The Kier molecular flexibility index (Phi) is 4.93. The molecule has 0 aliphatic heterocycles. The molecule has 0 saturated carbocycles. The Morgan fingerprint density at radius 3 is 3.05 bits per heavy atom. The quantitative estimate of drug-likeness (QED) is 0.831. The fraction of sp³-hybridized carbons (Fsp3) is 0.385. The van der Waals surface area contributed by atoms with E-state index in [1.54, 1.807) is 18.3 Å². The number of thiazole rings is 1. The third-order valence-corrected chi connectivity index (χ3v) is 4.52. The summed E-state index contributed by atoms with van der Waals surface area (Å²) >= 11 is 3.10. The molecule has 2 aromatic rings. The molecule has 0 aromatic carbocycles. The standard InChI is InChI=1S/C13H16N2O2S2/c1-3-17-12(16)11-9(2)15-13(19-11)14-7-6-10-5-4-8-18-10/h4-5,8H,3,6-7H2,1-2H3,(H,14,15). The van der Waals surface area contributed by atoms with Crippen molar-refractivity contribution >= 4 is 33.8 Å². The van der Waals surface area contributed by atoms with Crippen LogP contribution in [0, 0.1) is 6.92 Å². The first-order valence-electron chi connectivity index (χ1n) is 6.11. The molecule has 4 nitrogen and oxygen atoms in total. The van der Waals surface area contributed by atoms with Crippen LogP contribution < -0.4 is 5.32 Å². The molecule has 102 valence electrons. The van der Waals surface area contributed by atoms with Gasteiger partial charge in [0, 0.05) is 11.4 Å². The smallest absolute Gasteiger partial charge is 0.350 e. The van der Waals surface area contributed by atoms with Crippen molar-refractivity contribution in [3.05, 3.63) is 33.0 Å². The van der Waals surface area contributed by atoms with E-state index in [2.05, 4.69) is 21.7 Å². The fourth-order valence-electron chi connectivity index (χ4n) is 1.61. The molecule has 2 rings (SSSR count). The predicted octanol–water partition coefficient (Wildman–Crippen LogP) is 3.34. The SMILES string of the molecule is CCOC(=O)c1sc(NCCc2cccs2)nc1C. The first-order chi connectivity index (χ1) is 9.20. The summed E-state index contributed by atoms with van der Waals surface area (Å²) in [6, 6.07) is 4.16. The van der Waals surface area contributed by atoms with Gasteiger partial charge in [0.15, 0.2) is 5.13 Å². The van der Waals surface area contributed by atoms with Crippen molar-refractivity contribution in [1.82, 2.24) is 4.98 Å². The van der Waals surface area contributed by atoms with Crippen molar-refractivity contribution in [3.63, 3.8) is 0 Å². The lowest BCUT2D eigenvalue weighted by Gasteiger charge is -2.00. The molecule has 1 N–H and O–H groups in total. The summed E-state index contributed by atoms with van der Waals surface area (Å²) in [7, 11) is 0. The number of aromatic nitrogens is 1. The number of ether oxygens (including phenoxy) is 1. The maximum absolute atomic E-state index is 11.7. The van der Waals surface area contributed by atoms with Gasteiger partial charge in [-0.15, -0.1) is 11.3 Å². The summed E-state index contributed by atoms with van der Waals surface area (Å²) in [5.74, 6) is -0.288. The average Bonchev–Trinajstić information content (AvgIpc) is 2.99. The highest BCUT2D eigenvalue weighted by molar-refractivity contribution is 7.17. The van der Waals surface area contributed by atoms with Gasteiger partial charge in [0.1, 0.15) is 4.88 Å². The van der Waals surface area contributed by atoms with Crippen LogP contribution in [0.3, 0.4) is 0 Å². The van der Waals surface area contributed by atoms with E-state index in [4.69, 9.17) is 4.74 Å². The van der Waals surface area contributed by atoms with Gasteiger partial charge >= 0.3 is 5.97 Å². The van der Waals surface area contributed by atoms with Crippen molar-refractivity contribution in [1.29, 1.82) is 0 Å². The highest BCUT2D eigenvalue weighted by Crippen LogP contribution is 2.23. The zero-order chi connectivity index (χ0) is 13.7. The number of nitrogens with zero attached hydrogens (tertiary/aromatic N) is 1. The van der Waals surface area contributed by atoms with Gasteiger partial charge in [-0.1, -0.05) is 17.4 Å². The second-order valence-electron chi connectivity index (χ2n) is 3.91. The summed E-state index contributed by atoms with van der Waals surface area (Å²) in [4.78, 5) is 17.9. The van der Waals surface area contributed by atoms with Crippen LogP contribution in [-0.2, 0) is 11.2 Å². The predicted molar refractivity (Wildman–Crippen MR) is 79.3 cm³/mol. The molecule has 0 aliphatic carbocycles. The molecule has 0 fully saturated rings. The number of nitrogens with one attached hydrogen (secondary N) is 1. The van der Waals surface area contributed by atoms with E-state index < -0.39 is 0 Å². The Morgan fingerprint density at radius 2 is 2.37 bits per heavy atom. The van der Waals surface area contributed by atoms with Gasteiger partial charge in [0.25, 0.3) is 0 Å². The molecule has 0 amide bonds. The summed E-state index contributed by atoms with van der Waals surface area (Å²) < 4.78 is 4.99. The number of esters is 1. The fourth-order valence-corrected chi connectivity index (χ4v) is 3.20. The average molecular weight is 296 g/mol. The number of carbonyl (C=O) groups excluding carboxylic acids is 1. The second kappa shape index (κ2) is 6.68. The first kappa shape index (κ1) is 14.0. The summed E-state index contributed by atoms with van der Waals surface area (Å²) in [5.41, 5.74) is 0.724. The van der Waals surface area contributed by atoms with Crippen LogP contribution >= 0.6 is 22.7 Å². The Balaban J connectivity index is 1.90. The first-order valence-corrected chi connectivity index (χ1v) is 7.81.